The molecule has 6 heteroatoms. The predicted octanol–water partition coefficient (Wildman–Crippen LogP) is 19.2. The number of hydrogen-bond donors (Lipinski definition) is 0. The minimum Gasteiger partial charge on any atom is -0.436 e. The molecule has 10 aromatic rings. The third-order valence-corrected chi connectivity index (χ3v) is 16.8. The van der Waals surface area contributed by atoms with Gasteiger partial charge in [0.05, 0.1) is 0 Å². The van der Waals surface area contributed by atoms with Crippen molar-refractivity contribution in [1.29, 1.82) is 0 Å². The summed E-state index contributed by atoms with van der Waals surface area (Å²) in [5.74, 6) is 0.604. The van der Waals surface area contributed by atoms with Crippen LogP contribution in [0, 0.1) is 0 Å². The number of aromatic nitrogens is 1. The lowest BCUT2D eigenvalue weighted by Crippen LogP contribution is -2.61. The van der Waals surface area contributed by atoms with Crippen LogP contribution in [0.5, 0.6) is 0 Å². The molecule has 0 saturated heterocycles. The molecule has 0 aliphatic carbocycles. The smallest absolute Gasteiger partial charge is 0.252 e. The second kappa shape index (κ2) is 19.3. The predicted molar refractivity (Wildman–Crippen MR) is 347 cm³/mol. The Morgan fingerprint density at radius 1 is 0.358 bits per heavy atom. The van der Waals surface area contributed by atoms with E-state index in [-0.39, 0.29) is 33.8 Å². The summed E-state index contributed by atoms with van der Waals surface area (Å²) < 4.78 is 7.00. The third-order valence-electron chi connectivity index (χ3n) is 16.8. The van der Waals surface area contributed by atoms with Crippen LogP contribution in [0.2, 0.25) is 0 Å². The number of hydrogen-bond acceptors (Lipinski definition) is 5. The molecule has 3 heterocycles. The second-order valence-electron chi connectivity index (χ2n) is 27.9. The van der Waals surface area contributed by atoms with E-state index in [0.29, 0.717) is 5.89 Å². The summed E-state index contributed by atoms with van der Waals surface area (Å²) in [4.78, 5) is 12.9. The number of benzene rings is 9. The average molecular weight is 1060 g/mol. The molecule has 0 unspecified atom stereocenters. The first-order valence-corrected chi connectivity index (χ1v) is 29.0. The van der Waals surface area contributed by atoms with Crippen molar-refractivity contribution in [2.75, 3.05) is 14.7 Å². The monoisotopic (exact) mass is 1060 g/mol. The minimum absolute atomic E-state index is 0.0141. The maximum Gasteiger partial charge on any atom is 0.252 e. The first-order valence-electron chi connectivity index (χ1n) is 29.0. The summed E-state index contributed by atoms with van der Waals surface area (Å²) in [5, 5.41) is 0. The fourth-order valence-corrected chi connectivity index (χ4v) is 11.9. The molecule has 2 aliphatic rings. The number of nitrogens with zero attached hydrogens (tertiary/aromatic N) is 4. The third kappa shape index (κ3) is 9.85. The van der Waals surface area contributed by atoms with Crippen molar-refractivity contribution in [1.82, 2.24) is 4.98 Å². The molecular weight excluding hydrogens is 984 g/mol. The van der Waals surface area contributed by atoms with E-state index in [2.05, 4.69) is 313 Å². The van der Waals surface area contributed by atoms with Crippen LogP contribution in [0.4, 0.5) is 51.2 Å². The molecule has 0 radical (unpaired) electrons. The van der Waals surface area contributed by atoms with Crippen molar-refractivity contribution in [3.63, 3.8) is 0 Å². The van der Waals surface area contributed by atoms with Gasteiger partial charge in [0.15, 0.2) is 5.58 Å². The molecule has 0 amide bonds. The summed E-state index contributed by atoms with van der Waals surface area (Å²) in [6.45, 7) is 34.6. The Bertz CT molecular complexity index is 3920. The highest BCUT2D eigenvalue weighted by Gasteiger charge is 2.45. The molecule has 0 fully saturated rings. The lowest BCUT2D eigenvalue weighted by atomic mass is 9.33. The molecule has 0 atom stereocenters. The van der Waals surface area contributed by atoms with Gasteiger partial charge in [0.2, 0.25) is 5.89 Å². The minimum atomic E-state index is -0.200. The quantitative estimate of drug-likeness (QED) is 0.149. The lowest BCUT2D eigenvalue weighted by Gasteiger charge is -2.45. The van der Waals surface area contributed by atoms with Gasteiger partial charge in [0, 0.05) is 56.7 Å². The van der Waals surface area contributed by atoms with E-state index >= 15 is 0 Å². The number of rotatable bonds is 7. The van der Waals surface area contributed by atoms with Crippen LogP contribution in [0.25, 0.3) is 33.7 Å². The molecule has 0 spiro atoms. The maximum atomic E-state index is 7.00. The zero-order valence-electron chi connectivity index (χ0n) is 50.2. The summed E-state index contributed by atoms with van der Waals surface area (Å²) in [6, 6.07) is 72.6. The molecule has 81 heavy (non-hydrogen) atoms. The van der Waals surface area contributed by atoms with E-state index in [1.807, 2.05) is 0 Å². The van der Waals surface area contributed by atoms with E-state index < -0.39 is 0 Å². The standard InChI is InChI=1S/C75H77BN4O/c1-71(2,3)51-32-30-49(31-33-51)48-26-28-50(29-27-48)70-77-63-47-65-62(46-68(63)81-70)76-61-39-38-59(78(56-22-18-16-19-23-56)57-24-20-17-21-25-57)45-64(61)79(58-36-34-52(35-37-58)72(4,5)6)66-43-55(75(13,14)15)44-67(69(66)76)80(65)60-41-53(73(7,8)9)40-54(42-60)74(10,11)12/h16-47H,1-15H3. The summed E-state index contributed by atoms with van der Waals surface area (Å²) in [5.41, 5.74) is 24.8. The van der Waals surface area contributed by atoms with E-state index in [9.17, 15) is 0 Å². The zero-order valence-corrected chi connectivity index (χ0v) is 50.2. The van der Waals surface area contributed by atoms with Gasteiger partial charge in [-0.3, -0.25) is 0 Å². The number of para-hydroxylation sites is 2. The van der Waals surface area contributed by atoms with Crippen molar-refractivity contribution < 1.29 is 4.42 Å². The molecular formula is C75H77BN4O. The summed E-state index contributed by atoms with van der Waals surface area (Å²) in [6.07, 6.45) is 0. The largest absolute Gasteiger partial charge is 0.436 e. The first-order chi connectivity index (χ1) is 38.3. The fourth-order valence-electron chi connectivity index (χ4n) is 11.9. The molecule has 9 aromatic carbocycles. The Labute approximate surface area is 482 Å². The summed E-state index contributed by atoms with van der Waals surface area (Å²) >= 11 is 0. The SMILES string of the molecule is CC(C)(C)c1ccc(-c2ccc(-c3nc4cc5c(cc4o3)B3c4ccc(N(c6ccccc6)c6ccccc6)cc4N(c4ccc(C(C)(C)C)cc4)c4cc(C(C)(C)C)cc(c43)N5c3cc(C(C)(C)C)cc(C(C)(C)C)c3)cc2)cc1. The van der Waals surface area contributed by atoms with Gasteiger partial charge in [-0.2, -0.15) is 0 Å². The molecule has 5 nitrogen and oxygen atoms in total. The van der Waals surface area contributed by atoms with Gasteiger partial charge in [0.25, 0.3) is 6.71 Å². The van der Waals surface area contributed by atoms with Crippen LogP contribution in [0.3, 0.4) is 0 Å². The van der Waals surface area contributed by atoms with Crippen LogP contribution < -0.4 is 31.1 Å². The van der Waals surface area contributed by atoms with Gasteiger partial charge >= 0.3 is 0 Å². The van der Waals surface area contributed by atoms with E-state index in [1.54, 1.807) is 0 Å². The average Bonchev–Trinajstić information content (AvgIpc) is 3.59. The number of fused-ring (bicyclic) bond motifs is 5. The Kier molecular flexibility index (Phi) is 12.8. The van der Waals surface area contributed by atoms with Crippen molar-refractivity contribution >= 4 is 85.4 Å². The second-order valence-corrected chi connectivity index (χ2v) is 27.9. The molecule has 1 aromatic heterocycles. The molecule has 0 bridgehead atoms. The van der Waals surface area contributed by atoms with Crippen molar-refractivity contribution in [2.24, 2.45) is 0 Å². The lowest BCUT2D eigenvalue weighted by molar-refractivity contribution is 0.568. The van der Waals surface area contributed by atoms with Crippen LogP contribution in [-0.4, -0.2) is 11.7 Å². The van der Waals surface area contributed by atoms with Gasteiger partial charge in [-0.1, -0.05) is 201 Å². The Morgan fingerprint density at radius 2 is 0.802 bits per heavy atom. The van der Waals surface area contributed by atoms with Crippen molar-refractivity contribution in [3.8, 4) is 22.6 Å². The van der Waals surface area contributed by atoms with Crippen LogP contribution >= 0.6 is 0 Å². The van der Waals surface area contributed by atoms with Crippen molar-refractivity contribution in [2.45, 2.75) is 131 Å². The Hall–Kier alpha value is -8.09. The maximum absolute atomic E-state index is 7.00. The zero-order chi connectivity index (χ0) is 57.1. The van der Waals surface area contributed by atoms with E-state index in [1.165, 1.54) is 61.1 Å². The van der Waals surface area contributed by atoms with Gasteiger partial charge < -0.3 is 19.1 Å². The molecule has 0 saturated carbocycles. The van der Waals surface area contributed by atoms with E-state index in [4.69, 9.17) is 9.40 Å². The number of anilines is 9. The number of oxazole rings is 1. The fraction of sp³-hybridized carbons (Fsp3) is 0.267. The Morgan fingerprint density at radius 3 is 1.31 bits per heavy atom. The van der Waals surface area contributed by atoms with Crippen molar-refractivity contribution in [3.05, 3.63) is 222 Å². The van der Waals surface area contributed by atoms with Gasteiger partial charge in [-0.15, -0.1) is 0 Å². The molecule has 406 valence electrons. The van der Waals surface area contributed by atoms with Crippen LogP contribution in [-0.2, 0) is 27.1 Å². The highest BCUT2D eigenvalue weighted by molar-refractivity contribution is 7.00. The molecule has 12 rings (SSSR count). The molecule has 2 aliphatic heterocycles. The van der Waals surface area contributed by atoms with Gasteiger partial charge in [0.1, 0.15) is 5.52 Å². The highest BCUT2D eigenvalue weighted by Crippen LogP contribution is 2.50. The van der Waals surface area contributed by atoms with Crippen LogP contribution in [0.15, 0.2) is 199 Å². The highest BCUT2D eigenvalue weighted by atomic mass is 16.3. The Balaban J connectivity index is 1.13. The summed E-state index contributed by atoms with van der Waals surface area (Å²) in [7, 11) is 0. The molecule has 0 N–H and O–H groups in total. The van der Waals surface area contributed by atoms with Gasteiger partial charge in [-0.25, -0.2) is 4.98 Å². The topological polar surface area (TPSA) is 35.8 Å². The van der Waals surface area contributed by atoms with Gasteiger partial charge in [-0.05, 0) is 179 Å². The van der Waals surface area contributed by atoms with Crippen LogP contribution in [0.1, 0.15) is 132 Å². The van der Waals surface area contributed by atoms with E-state index in [0.717, 1.165) is 62.0 Å². The normalized spacial score (nSPS) is 13.5. The first kappa shape index (κ1) is 53.6.